The van der Waals surface area contributed by atoms with Gasteiger partial charge in [-0.2, -0.15) is 0 Å². The quantitative estimate of drug-likeness (QED) is 0.462. The van der Waals surface area contributed by atoms with E-state index in [-0.39, 0.29) is 19.1 Å². The topological polar surface area (TPSA) is 75.6 Å². The van der Waals surface area contributed by atoms with Gasteiger partial charge in [0.15, 0.2) is 0 Å². The van der Waals surface area contributed by atoms with E-state index >= 15 is 0 Å². The van der Waals surface area contributed by atoms with E-state index in [1.807, 2.05) is 24.3 Å². The standard InChI is InChI=1S/C27H21NO4/c29-26(30)16-15-20-13-11-19(12-14-20)6-5-17-28-27(31)32-18-25-23-9-3-1-7-21(23)22-8-2-4-10-24(22)25/h1-4,7-16,25H,17-18H2,(H,28,31)(H,29,30)/b16-15+. The van der Waals surface area contributed by atoms with Crippen LogP contribution in [-0.2, 0) is 9.53 Å². The molecule has 1 amide bonds. The number of carboxylic acid groups (broad SMARTS) is 1. The summed E-state index contributed by atoms with van der Waals surface area (Å²) in [4.78, 5) is 22.7. The number of amides is 1. The van der Waals surface area contributed by atoms with E-state index in [4.69, 9.17) is 9.84 Å². The number of ether oxygens (including phenoxy) is 1. The van der Waals surface area contributed by atoms with E-state index < -0.39 is 12.1 Å². The van der Waals surface area contributed by atoms with Gasteiger partial charge in [-0.05, 0) is 46.0 Å². The molecular formula is C27H21NO4. The van der Waals surface area contributed by atoms with Crippen LogP contribution in [0.2, 0.25) is 0 Å². The molecule has 0 bridgehead atoms. The van der Waals surface area contributed by atoms with Crippen LogP contribution >= 0.6 is 0 Å². The number of carbonyl (C=O) groups is 2. The lowest BCUT2D eigenvalue weighted by Crippen LogP contribution is -2.26. The molecule has 158 valence electrons. The molecule has 5 nitrogen and oxygen atoms in total. The molecular weight excluding hydrogens is 402 g/mol. The Kier molecular flexibility index (Phi) is 6.33. The molecule has 0 radical (unpaired) electrons. The van der Waals surface area contributed by atoms with Crippen LogP contribution in [0, 0.1) is 11.8 Å². The fourth-order valence-corrected chi connectivity index (χ4v) is 3.76. The van der Waals surface area contributed by atoms with Crippen molar-refractivity contribution in [1.29, 1.82) is 0 Å². The normalized spacial score (nSPS) is 11.9. The summed E-state index contributed by atoms with van der Waals surface area (Å²) in [5, 5.41) is 11.3. The van der Waals surface area contributed by atoms with Gasteiger partial charge in [0, 0.05) is 17.6 Å². The first-order valence-corrected chi connectivity index (χ1v) is 10.2. The largest absolute Gasteiger partial charge is 0.478 e. The van der Waals surface area contributed by atoms with Crippen molar-refractivity contribution in [3.05, 3.63) is 101 Å². The lowest BCUT2D eigenvalue weighted by atomic mass is 9.98. The zero-order chi connectivity index (χ0) is 22.3. The van der Waals surface area contributed by atoms with Crippen molar-refractivity contribution >= 4 is 18.1 Å². The summed E-state index contributed by atoms with van der Waals surface area (Å²) in [6.45, 7) is 0.427. The molecule has 3 aromatic rings. The Morgan fingerprint density at radius 1 is 0.938 bits per heavy atom. The Hall–Kier alpha value is -4.30. The molecule has 0 atom stereocenters. The van der Waals surface area contributed by atoms with Crippen LogP contribution in [0.3, 0.4) is 0 Å². The van der Waals surface area contributed by atoms with Crippen LogP contribution in [0.1, 0.15) is 28.2 Å². The molecule has 0 fully saturated rings. The van der Waals surface area contributed by atoms with E-state index in [0.717, 1.165) is 17.2 Å². The van der Waals surface area contributed by atoms with Crippen molar-refractivity contribution < 1.29 is 19.4 Å². The van der Waals surface area contributed by atoms with Crippen molar-refractivity contribution in [2.45, 2.75) is 5.92 Å². The molecule has 4 rings (SSSR count). The van der Waals surface area contributed by atoms with Gasteiger partial charge in [0.1, 0.15) is 6.61 Å². The first kappa shape index (κ1) is 21.0. The molecule has 0 heterocycles. The number of hydrogen-bond donors (Lipinski definition) is 2. The maximum absolute atomic E-state index is 12.1. The molecule has 0 saturated carbocycles. The number of nitrogens with one attached hydrogen (secondary N) is 1. The monoisotopic (exact) mass is 423 g/mol. The van der Waals surface area contributed by atoms with Crippen molar-refractivity contribution in [2.75, 3.05) is 13.2 Å². The highest BCUT2D eigenvalue weighted by Crippen LogP contribution is 2.44. The first-order chi connectivity index (χ1) is 15.6. The lowest BCUT2D eigenvalue weighted by molar-refractivity contribution is -0.131. The lowest BCUT2D eigenvalue weighted by Gasteiger charge is -2.14. The number of fused-ring (bicyclic) bond motifs is 3. The average Bonchev–Trinajstić information content (AvgIpc) is 3.13. The summed E-state index contributed by atoms with van der Waals surface area (Å²) in [6, 6.07) is 23.5. The minimum atomic E-state index is -0.992. The van der Waals surface area contributed by atoms with Crippen LogP contribution in [0.25, 0.3) is 17.2 Å². The molecule has 0 spiro atoms. The third-order valence-corrected chi connectivity index (χ3v) is 5.23. The smallest absolute Gasteiger partial charge is 0.407 e. The molecule has 2 N–H and O–H groups in total. The zero-order valence-electron chi connectivity index (χ0n) is 17.2. The Balaban J connectivity index is 1.29. The summed E-state index contributed by atoms with van der Waals surface area (Å²) in [6.07, 6.45) is 2.09. The van der Waals surface area contributed by atoms with Gasteiger partial charge in [0.05, 0.1) is 6.54 Å². The molecule has 0 aliphatic heterocycles. The van der Waals surface area contributed by atoms with E-state index in [2.05, 4.69) is 41.4 Å². The predicted molar refractivity (Wildman–Crippen MR) is 123 cm³/mol. The number of alkyl carbamates (subject to hydrolysis) is 1. The highest BCUT2D eigenvalue weighted by Gasteiger charge is 2.28. The average molecular weight is 423 g/mol. The van der Waals surface area contributed by atoms with Crippen LogP contribution in [0.5, 0.6) is 0 Å². The van der Waals surface area contributed by atoms with Crippen molar-refractivity contribution in [3.8, 4) is 23.0 Å². The van der Waals surface area contributed by atoms with Crippen LogP contribution in [-0.4, -0.2) is 30.3 Å². The fraction of sp³-hybridized carbons (Fsp3) is 0.111. The number of benzene rings is 3. The maximum atomic E-state index is 12.1. The number of rotatable bonds is 5. The summed E-state index contributed by atoms with van der Waals surface area (Å²) in [7, 11) is 0. The molecule has 5 heteroatoms. The van der Waals surface area contributed by atoms with Gasteiger partial charge >= 0.3 is 12.1 Å². The molecule has 3 aromatic carbocycles. The highest BCUT2D eigenvalue weighted by atomic mass is 16.5. The third kappa shape index (κ3) is 4.88. The molecule has 0 unspecified atom stereocenters. The first-order valence-electron chi connectivity index (χ1n) is 10.2. The van der Waals surface area contributed by atoms with Gasteiger partial charge in [-0.15, -0.1) is 0 Å². The van der Waals surface area contributed by atoms with E-state index in [0.29, 0.717) is 0 Å². The second-order valence-electron chi connectivity index (χ2n) is 7.27. The number of carbonyl (C=O) groups excluding carboxylic acids is 1. The van der Waals surface area contributed by atoms with Crippen molar-refractivity contribution in [2.24, 2.45) is 0 Å². The van der Waals surface area contributed by atoms with Gasteiger partial charge < -0.3 is 15.2 Å². The fourth-order valence-electron chi connectivity index (χ4n) is 3.76. The van der Waals surface area contributed by atoms with E-state index in [1.165, 1.54) is 28.3 Å². The van der Waals surface area contributed by atoms with Crippen molar-refractivity contribution in [3.63, 3.8) is 0 Å². The second kappa shape index (κ2) is 9.67. The Bertz CT molecular complexity index is 1190. The van der Waals surface area contributed by atoms with E-state index in [1.54, 1.807) is 24.3 Å². The highest BCUT2D eigenvalue weighted by molar-refractivity contribution is 5.85. The minimum Gasteiger partial charge on any atom is -0.478 e. The Labute approximate surface area is 186 Å². The summed E-state index contributed by atoms with van der Waals surface area (Å²) in [5.74, 6) is 4.87. The number of carboxylic acids is 1. The van der Waals surface area contributed by atoms with Crippen LogP contribution in [0.4, 0.5) is 4.79 Å². The molecule has 1 aliphatic rings. The van der Waals surface area contributed by atoms with Crippen LogP contribution < -0.4 is 5.32 Å². The van der Waals surface area contributed by atoms with Gasteiger partial charge in [-0.25, -0.2) is 9.59 Å². The number of aliphatic carboxylic acids is 1. The molecule has 0 saturated heterocycles. The van der Waals surface area contributed by atoms with Crippen LogP contribution in [0.15, 0.2) is 78.9 Å². The molecule has 32 heavy (non-hydrogen) atoms. The molecule has 1 aliphatic carbocycles. The Morgan fingerprint density at radius 2 is 1.56 bits per heavy atom. The SMILES string of the molecule is O=C(O)/C=C/c1ccc(C#CCNC(=O)OCC2c3ccccc3-c3ccccc32)cc1. The minimum absolute atomic E-state index is 0.0212. The zero-order valence-corrected chi connectivity index (χ0v) is 17.2. The summed E-state index contributed by atoms with van der Waals surface area (Å²) < 4.78 is 5.48. The second-order valence-corrected chi connectivity index (χ2v) is 7.27. The third-order valence-electron chi connectivity index (χ3n) is 5.23. The van der Waals surface area contributed by atoms with E-state index in [9.17, 15) is 9.59 Å². The maximum Gasteiger partial charge on any atom is 0.407 e. The molecule has 0 aromatic heterocycles. The number of hydrogen-bond acceptors (Lipinski definition) is 3. The van der Waals surface area contributed by atoms with Gasteiger partial charge in [0.2, 0.25) is 0 Å². The summed E-state index contributed by atoms with van der Waals surface area (Å²) in [5.41, 5.74) is 6.26. The van der Waals surface area contributed by atoms with Crippen molar-refractivity contribution in [1.82, 2.24) is 5.32 Å². The van der Waals surface area contributed by atoms with Gasteiger partial charge in [-0.3, -0.25) is 0 Å². The predicted octanol–water partition coefficient (Wildman–Crippen LogP) is 4.67. The Morgan fingerprint density at radius 3 is 2.19 bits per heavy atom. The van der Waals surface area contributed by atoms with Gasteiger partial charge in [0.25, 0.3) is 0 Å². The summed E-state index contributed by atoms with van der Waals surface area (Å²) >= 11 is 0. The van der Waals surface area contributed by atoms with Gasteiger partial charge in [-0.1, -0.05) is 72.5 Å².